The van der Waals surface area contributed by atoms with Crippen molar-refractivity contribution in [3.63, 3.8) is 0 Å². The van der Waals surface area contributed by atoms with Gasteiger partial charge in [0.2, 0.25) is 0 Å². The second-order valence-corrected chi connectivity index (χ2v) is 7.72. The number of nitrogens with zero attached hydrogens (tertiary/aromatic N) is 1. The second kappa shape index (κ2) is 8.33. The van der Waals surface area contributed by atoms with Crippen molar-refractivity contribution in [2.75, 3.05) is 25.5 Å². The molecule has 1 amide bonds. The summed E-state index contributed by atoms with van der Waals surface area (Å²) < 4.78 is 22.6. The van der Waals surface area contributed by atoms with E-state index in [0.29, 0.717) is 30.2 Å². The Morgan fingerprint density at radius 2 is 2.00 bits per heavy atom. The summed E-state index contributed by atoms with van der Waals surface area (Å²) in [5.74, 6) is -0.179. The van der Waals surface area contributed by atoms with E-state index < -0.39 is 23.4 Å². The molecule has 0 aromatic heterocycles. The molecule has 2 rings (SSSR count). The zero-order valence-corrected chi connectivity index (χ0v) is 15.4. The quantitative estimate of drug-likeness (QED) is 0.817. The monoisotopic (exact) mass is 369 g/mol. The summed E-state index contributed by atoms with van der Waals surface area (Å²) >= 11 is 0. The van der Waals surface area contributed by atoms with Gasteiger partial charge in [0.25, 0.3) is 5.91 Å². The number of carbonyl (C=O) groups is 2. The molecule has 0 bridgehead atoms. The summed E-state index contributed by atoms with van der Waals surface area (Å²) in [6.07, 6.45) is 0. The number of amides is 1. The Morgan fingerprint density at radius 3 is 2.64 bits per heavy atom. The minimum Gasteiger partial charge on any atom is -0.490 e. The zero-order valence-electron chi connectivity index (χ0n) is 14.6. The highest BCUT2D eigenvalue weighted by atomic mass is 32.2. The number of rotatable bonds is 6. The maximum absolute atomic E-state index is 12.8. The lowest BCUT2D eigenvalue weighted by atomic mass is 10.1. The number of carbonyl (C=O) groups excluding carboxylic acids is 1. The highest BCUT2D eigenvalue weighted by Gasteiger charge is 2.33. The van der Waals surface area contributed by atoms with E-state index in [1.165, 1.54) is 6.07 Å². The van der Waals surface area contributed by atoms with Crippen LogP contribution in [0.25, 0.3) is 0 Å². The molecule has 0 aliphatic carbocycles. The van der Waals surface area contributed by atoms with E-state index in [9.17, 15) is 13.8 Å². The Bertz CT molecular complexity index is 677. The van der Waals surface area contributed by atoms with Crippen LogP contribution in [0.3, 0.4) is 0 Å². The maximum atomic E-state index is 12.8. The Kier molecular flexibility index (Phi) is 6.41. The van der Waals surface area contributed by atoms with Crippen LogP contribution >= 0.6 is 0 Å². The Labute approximate surface area is 149 Å². The van der Waals surface area contributed by atoms with Crippen LogP contribution in [-0.4, -0.2) is 62.9 Å². The Balaban J connectivity index is 2.23. The lowest BCUT2D eigenvalue weighted by Gasteiger charge is -2.37. The van der Waals surface area contributed by atoms with Gasteiger partial charge < -0.3 is 19.5 Å². The molecule has 1 aliphatic heterocycles. The third-order valence-corrected chi connectivity index (χ3v) is 6.03. The third-order valence-electron chi connectivity index (χ3n) is 4.22. The zero-order chi connectivity index (χ0) is 18.6. The highest BCUT2D eigenvalue weighted by Crippen LogP contribution is 2.30. The van der Waals surface area contributed by atoms with Crippen LogP contribution in [0.5, 0.6) is 11.5 Å². The predicted octanol–water partition coefficient (Wildman–Crippen LogP) is 1.53. The number of hydrogen-bond acceptors (Lipinski definition) is 5. The van der Waals surface area contributed by atoms with Crippen molar-refractivity contribution in [2.24, 2.45) is 0 Å². The average molecular weight is 369 g/mol. The van der Waals surface area contributed by atoms with Gasteiger partial charge in [0.1, 0.15) is 0 Å². The van der Waals surface area contributed by atoms with Gasteiger partial charge in [-0.2, -0.15) is 0 Å². The number of carboxylic acid groups (broad SMARTS) is 1. The molecule has 0 radical (unpaired) electrons. The van der Waals surface area contributed by atoms with Gasteiger partial charge in [-0.05, 0) is 39.0 Å². The van der Waals surface area contributed by atoms with Crippen molar-refractivity contribution < 1.29 is 28.4 Å². The molecule has 1 aliphatic rings. The largest absolute Gasteiger partial charge is 0.490 e. The van der Waals surface area contributed by atoms with Crippen molar-refractivity contribution in [1.29, 1.82) is 0 Å². The normalized spacial score (nSPS) is 23.2. The summed E-state index contributed by atoms with van der Waals surface area (Å²) in [6, 6.07) is 4.56. The predicted molar refractivity (Wildman–Crippen MR) is 93.7 cm³/mol. The number of ether oxygens (including phenoxy) is 2. The molecule has 1 heterocycles. The summed E-state index contributed by atoms with van der Waals surface area (Å²) in [5, 5.41) is 8.65. The van der Waals surface area contributed by atoms with Crippen LogP contribution in [0.15, 0.2) is 18.2 Å². The molecule has 0 spiro atoms. The van der Waals surface area contributed by atoms with Gasteiger partial charge in [0, 0.05) is 34.7 Å². The van der Waals surface area contributed by atoms with E-state index >= 15 is 0 Å². The highest BCUT2D eigenvalue weighted by molar-refractivity contribution is 7.85. The number of aliphatic carboxylic acids is 1. The fourth-order valence-electron chi connectivity index (χ4n) is 2.67. The van der Waals surface area contributed by atoms with E-state index in [1.54, 1.807) is 24.0 Å². The first-order valence-electron chi connectivity index (χ1n) is 8.14. The molecule has 3 unspecified atom stereocenters. The molecular weight excluding hydrogens is 346 g/mol. The summed E-state index contributed by atoms with van der Waals surface area (Å²) in [6.45, 7) is 5.89. The molecule has 138 valence electrons. The van der Waals surface area contributed by atoms with Crippen LogP contribution < -0.4 is 9.47 Å². The van der Waals surface area contributed by atoms with Crippen LogP contribution in [0, 0.1) is 0 Å². The fourth-order valence-corrected chi connectivity index (χ4v) is 4.01. The van der Waals surface area contributed by atoms with E-state index in [0.717, 1.165) is 0 Å². The molecular formula is C17H23NO6S. The van der Waals surface area contributed by atoms with Crippen molar-refractivity contribution in [3.8, 4) is 11.5 Å². The molecule has 8 heteroatoms. The summed E-state index contributed by atoms with van der Waals surface area (Å²) in [7, 11) is -0.921. The van der Waals surface area contributed by atoms with E-state index in [4.69, 9.17) is 14.6 Å². The summed E-state index contributed by atoms with van der Waals surface area (Å²) in [4.78, 5) is 25.2. The lowest BCUT2D eigenvalue weighted by Crippen LogP contribution is -2.52. The number of carboxylic acids is 1. The van der Waals surface area contributed by atoms with Gasteiger partial charge in [-0.25, -0.2) is 4.79 Å². The van der Waals surface area contributed by atoms with Gasteiger partial charge in [-0.1, -0.05) is 0 Å². The first-order valence-corrected chi connectivity index (χ1v) is 9.53. The van der Waals surface area contributed by atoms with Crippen LogP contribution in [-0.2, 0) is 15.6 Å². The standard InChI is InChI=1S/C17H23NO6S/c1-4-23-15-9-13(5-6-14(15)24-10-16(19)20)17(21)18-7-8-25(22)12(3)11(18)2/h5-6,9,11-12H,4,7-8,10H2,1-3H3,(H,19,20). The molecule has 1 N–H and O–H groups in total. The van der Waals surface area contributed by atoms with Gasteiger partial charge in [0.05, 0.1) is 11.9 Å². The molecule has 1 saturated heterocycles. The van der Waals surface area contributed by atoms with Gasteiger partial charge in [-0.3, -0.25) is 9.00 Å². The maximum Gasteiger partial charge on any atom is 0.341 e. The molecule has 0 saturated carbocycles. The molecule has 1 aromatic carbocycles. The molecule has 25 heavy (non-hydrogen) atoms. The van der Waals surface area contributed by atoms with Crippen molar-refractivity contribution in [1.82, 2.24) is 4.90 Å². The van der Waals surface area contributed by atoms with Crippen molar-refractivity contribution in [2.45, 2.75) is 32.1 Å². The average Bonchev–Trinajstić information content (AvgIpc) is 2.58. The first-order chi connectivity index (χ1) is 11.8. The second-order valence-electron chi connectivity index (χ2n) is 5.81. The van der Waals surface area contributed by atoms with Gasteiger partial charge in [-0.15, -0.1) is 0 Å². The molecule has 1 aromatic rings. The first kappa shape index (κ1) is 19.2. The minimum atomic E-state index is -1.09. The van der Waals surface area contributed by atoms with Crippen LogP contribution in [0.1, 0.15) is 31.1 Å². The van der Waals surface area contributed by atoms with Crippen molar-refractivity contribution >= 4 is 22.7 Å². The minimum absolute atomic E-state index is 0.0813. The van der Waals surface area contributed by atoms with Crippen LogP contribution in [0.4, 0.5) is 0 Å². The lowest BCUT2D eigenvalue weighted by molar-refractivity contribution is -0.139. The van der Waals surface area contributed by atoms with E-state index in [1.807, 2.05) is 13.8 Å². The molecule has 7 nitrogen and oxygen atoms in total. The Morgan fingerprint density at radius 1 is 1.28 bits per heavy atom. The molecule has 3 atom stereocenters. The number of hydrogen-bond donors (Lipinski definition) is 1. The van der Waals surface area contributed by atoms with Crippen molar-refractivity contribution in [3.05, 3.63) is 23.8 Å². The fraction of sp³-hybridized carbons (Fsp3) is 0.529. The van der Waals surface area contributed by atoms with E-state index in [-0.39, 0.29) is 22.9 Å². The topological polar surface area (TPSA) is 93.1 Å². The summed E-state index contributed by atoms with van der Waals surface area (Å²) in [5.41, 5.74) is 0.429. The van der Waals surface area contributed by atoms with E-state index in [2.05, 4.69) is 0 Å². The third kappa shape index (κ3) is 4.50. The Hall–Kier alpha value is -2.09. The van der Waals surface area contributed by atoms with Crippen LogP contribution in [0.2, 0.25) is 0 Å². The number of benzene rings is 1. The smallest absolute Gasteiger partial charge is 0.341 e. The van der Waals surface area contributed by atoms with Gasteiger partial charge >= 0.3 is 5.97 Å². The van der Waals surface area contributed by atoms with Gasteiger partial charge in [0.15, 0.2) is 18.1 Å². The SMILES string of the molecule is CCOc1cc(C(=O)N2CCS(=O)C(C)C2C)ccc1OCC(=O)O. The molecule has 1 fully saturated rings.